The molecule has 2 rings (SSSR count). The molecule has 2 aliphatic heterocycles. The highest BCUT2D eigenvalue weighted by Crippen LogP contribution is 2.22. The first-order valence-corrected chi connectivity index (χ1v) is 5.87. The van der Waals surface area contributed by atoms with Crippen molar-refractivity contribution in [3.63, 3.8) is 0 Å². The number of ether oxygens (including phenoxy) is 1. The SMILES string of the molecule is OC(C1CCCOC1)C1CCCCN1. The quantitative estimate of drug-likeness (QED) is 0.695. The van der Waals surface area contributed by atoms with Gasteiger partial charge in [0.2, 0.25) is 0 Å². The molecule has 0 aromatic heterocycles. The molecule has 2 heterocycles. The normalized spacial score (nSPS) is 36.6. The third-order valence-electron chi connectivity index (χ3n) is 3.44. The van der Waals surface area contributed by atoms with Crippen molar-refractivity contribution in [3.8, 4) is 0 Å². The van der Waals surface area contributed by atoms with Crippen LogP contribution in [0.1, 0.15) is 32.1 Å². The van der Waals surface area contributed by atoms with E-state index in [0.29, 0.717) is 12.0 Å². The number of hydrogen-bond acceptors (Lipinski definition) is 3. The van der Waals surface area contributed by atoms with E-state index in [1.54, 1.807) is 0 Å². The van der Waals surface area contributed by atoms with Crippen LogP contribution < -0.4 is 5.32 Å². The van der Waals surface area contributed by atoms with Crippen LogP contribution in [0.2, 0.25) is 0 Å². The van der Waals surface area contributed by atoms with E-state index in [0.717, 1.165) is 39.0 Å². The maximum atomic E-state index is 10.2. The standard InChI is InChI=1S/C11H21NO2/c13-11(9-4-3-7-14-8-9)10-5-1-2-6-12-10/h9-13H,1-8H2. The van der Waals surface area contributed by atoms with Gasteiger partial charge in [-0.2, -0.15) is 0 Å². The Morgan fingerprint density at radius 2 is 2.14 bits per heavy atom. The number of aliphatic hydroxyl groups is 1. The van der Waals surface area contributed by atoms with Crippen LogP contribution in [-0.4, -0.2) is 37.0 Å². The molecular weight excluding hydrogens is 178 g/mol. The third kappa shape index (κ3) is 2.47. The summed E-state index contributed by atoms with van der Waals surface area (Å²) in [5, 5.41) is 13.6. The van der Waals surface area contributed by atoms with Crippen LogP contribution >= 0.6 is 0 Å². The zero-order chi connectivity index (χ0) is 9.80. The molecule has 2 N–H and O–H groups in total. The first-order valence-electron chi connectivity index (χ1n) is 5.87. The van der Waals surface area contributed by atoms with Crippen LogP contribution in [-0.2, 0) is 4.74 Å². The van der Waals surface area contributed by atoms with Gasteiger partial charge >= 0.3 is 0 Å². The van der Waals surface area contributed by atoms with Gasteiger partial charge < -0.3 is 15.2 Å². The Bertz CT molecular complexity index is 145. The van der Waals surface area contributed by atoms with Gasteiger partial charge in [-0.05, 0) is 32.2 Å². The lowest BCUT2D eigenvalue weighted by atomic mass is 9.87. The Morgan fingerprint density at radius 1 is 1.21 bits per heavy atom. The molecule has 0 aromatic carbocycles. The maximum absolute atomic E-state index is 10.2. The molecule has 3 atom stereocenters. The summed E-state index contributed by atoms with van der Waals surface area (Å²) in [6.45, 7) is 2.69. The molecule has 0 aliphatic carbocycles. The van der Waals surface area contributed by atoms with Gasteiger partial charge in [-0.3, -0.25) is 0 Å². The summed E-state index contributed by atoms with van der Waals surface area (Å²) in [5.74, 6) is 0.361. The zero-order valence-electron chi connectivity index (χ0n) is 8.74. The molecule has 14 heavy (non-hydrogen) atoms. The molecule has 0 aromatic rings. The average Bonchev–Trinajstić information content (AvgIpc) is 2.30. The highest BCUT2D eigenvalue weighted by molar-refractivity contribution is 4.85. The molecule has 0 bridgehead atoms. The van der Waals surface area contributed by atoms with E-state index in [-0.39, 0.29) is 6.10 Å². The monoisotopic (exact) mass is 199 g/mol. The Balaban J connectivity index is 1.82. The van der Waals surface area contributed by atoms with Crippen molar-refractivity contribution in [3.05, 3.63) is 0 Å². The molecule has 0 radical (unpaired) electrons. The van der Waals surface area contributed by atoms with Gasteiger partial charge in [0.15, 0.2) is 0 Å². The zero-order valence-corrected chi connectivity index (χ0v) is 8.74. The lowest BCUT2D eigenvalue weighted by molar-refractivity contribution is -0.0271. The van der Waals surface area contributed by atoms with Gasteiger partial charge in [-0.25, -0.2) is 0 Å². The van der Waals surface area contributed by atoms with Crippen LogP contribution in [0.15, 0.2) is 0 Å². The number of hydrogen-bond donors (Lipinski definition) is 2. The second kappa shape index (κ2) is 5.10. The van der Waals surface area contributed by atoms with Crippen LogP contribution in [0.4, 0.5) is 0 Å². The number of nitrogens with one attached hydrogen (secondary N) is 1. The van der Waals surface area contributed by atoms with E-state index in [2.05, 4.69) is 5.32 Å². The molecule has 2 fully saturated rings. The van der Waals surface area contributed by atoms with E-state index in [9.17, 15) is 5.11 Å². The molecule has 2 aliphatic rings. The Labute approximate surface area is 85.8 Å². The molecule has 82 valence electrons. The highest BCUT2D eigenvalue weighted by atomic mass is 16.5. The fourth-order valence-electron chi connectivity index (χ4n) is 2.53. The van der Waals surface area contributed by atoms with Crippen molar-refractivity contribution in [2.24, 2.45) is 5.92 Å². The minimum atomic E-state index is -0.199. The fraction of sp³-hybridized carbons (Fsp3) is 1.00. The summed E-state index contributed by atoms with van der Waals surface area (Å²) in [4.78, 5) is 0. The lowest BCUT2D eigenvalue weighted by Gasteiger charge is -2.34. The second-order valence-corrected chi connectivity index (χ2v) is 4.52. The van der Waals surface area contributed by atoms with Crippen LogP contribution in [0.25, 0.3) is 0 Å². The molecule has 3 unspecified atom stereocenters. The first-order chi connectivity index (χ1) is 6.88. The van der Waals surface area contributed by atoms with Crippen LogP contribution in [0.3, 0.4) is 0 Å². The minimum Gasteiger partial charge on any atom is -0.391 e. The van der Waals surface area contributed by atoms with Gasteiger partial charge in [0, 0.05) is 18.6 Å². The van der Waals surface area contributed by atoms with Gasteiger partial charge in [0.25, 0.3) is 0 Å². The Morgan fingerprint density at radius 3 is 2.79 bits per heavy atom. The summed E-state index contributed by atoms with van der Waals surface area (Å²) >= 11 is 0. The van der Waals surface area contributed by atoms with Crippen LogP contribution in [0, 0.1) is 5.92 Å². The fourth-order valence-corrected chi connectivity index (χ4v) is 2.53. The van der Waals surface area contributed by atoms with E-state index in [1.807, 2.05) is 0 Å². The number of rotatable bonds is 2. The Kier molecular flexibility index (Phi) is 3.79. The third-order valence-corrected chi connectivity index (χ3v) is 3.44. The van der Waals surface area contributed by atoms with E-state index >= 15 is 0 Å². The van der Waals surface area contributed by atoms with Crippen molar-refractivity contribution in [1.29, 1.82) is 0 Å². The van der Waals surface area contributed by atoms with E-state index < -0.39 is 0 Å². The van der Waals surface area contributed by atoms with Crippen molar-refractivity contribution >= 4 is 0 Å². The molecule has 2 saturated heterocycles. The van der Waals surface area contributed by atoms with Gasteiger partial charge in [-0.15, -0.1) is 0 Å². The summed E-state index contributed by atoms with van der Waals surface area (Å²) in [6.07, 6.45) is 5.66. The van der Waals surface area contributed by atoms with E-state index in [4.69, 9.17) is 4.74 Å². The number of piperidine rings is 1. The second-order valence-electron chi connectivity index (χ2n) is 4.52. The molecule has 3 heteroatoms. The first kappa shape index (κ1) is 10.4. The van der Waals surface area contributed by atoms with Gasteiger partial charge in [0.05, 0.1) is 12.7 Å². The van der Waals surface area contributed by atoms with Crippen molar-refractivity contribution in [2.75, 3.05) is 19.8 Å². The highest BCUT2D eigenvalue weighted by Gasteiger charge is 2.29. The van der Waals surface area contributed by atoms with Gasteiger partial charge in [-0.1, -0.05) is 6.42 Å². The summed E-state index contributed by atoms with van der Waals surface area (Å²) in [7, 11) is 0. The molecule has 3 nitrogen and oxygen atoms in total. The molecule has 0 saturated carbocycles. The number of aliphatic hydroxyl groups excluding tert-OH is 1. The summed E-state index contributed by atoms with van der Waals surface area (Å²) < 4.78 is 5.41. The van der Waals surface area contributed by atoms with Crippen molar-refractivity contribution in [1.82, 2.24) is 5.32 Å². The smallest absolute Gasteiger partial charge is 0.0743 e. The largest absolute Gasteiger partial charge is 0.391 e. The average molecular weight is 199 g/mol. The topological polar surface area (TPSA) is 41.5 Å². The minimum absolute atomic E-state index is 0.199. The molecule has 0 amide bonds. The van der Waals surface area contributed by atoms with Crippen molar-refractivity contribution < 1.29 is 9.84 Å². The Hall–Kier alpha value is -0.120. The molecular formula is C11H21NO2. The van der Waals surface area contributed by atoms with E-state index in [1.165, 1.54) is 12.8 Å². The van der Waals surface area contributed by atoms with Crippen molar-refractivity contribution in [2.45, 2.75) is 44.2 Å². The predicted molar refractivity (Wildman–Crippen MR) is 55.2 cm³/mol. The predicted octanol–water partition coefficient (Wildman–Crippen LogP) is 0.916. The van der Waals surface area contributed by atoms with Gasteiger partial charge in [0.1, 0.15) is 0 Å². The lowest BCUT2D eigenvalue weighted by Crippen LogP contribution is -2.48. The maximum Gasteiger partial charge on any atom is 0.0743 e. The van der Waals surface area contributed by atoms with Crippen LogP contribution in [0.5, 0.6) is 0 Å². The summed E-state index contributed by atoms with van der Waals surface area (Å²) in [6, 6.07) is 0.315. The summed E-state index contributed by atoms with van der Waals surface area (Å²) in [5.41, 5.74) is 0. The molecule has 0 spiro atoms.